The molecule has 20 heavy (non-hydrogen) atoms. The van der Waals surface area contributed by atoms with Crippen LogP contribution >= 0.6 is 0 Å². The second kappa shape index (κ2) is 7.06. The number of anilines is 1. The molecular weight excluding hydrogens is 254 g/mol. The zero-order valence-electron chi connectivity index (χ0n) is 13.1. The normalized spacial score (nSPS) is 18.2. The van der Waals surface area contributed by atoms with Crippen molar-refractivity contribution in [2.24, 2.45) is 7.05 Å². The molecule has 114 valence electrons. The van der Waals surface area contributed by atoms with E-state index < -0.39 is 0 Å². The lowest BCUT2D eigenvalue weighted by atomic mass is 10.2. The molecule has 0 spiro atoms. The molecule has 1 aliphatic rings. The monoisotopic (exact) mass is 281 g/mol. The van der Waals surface area contributed by atoms with Gasteiger partial charge in [0, 0.05) is 53.4 Å². The highest BCUT2D eigenvalue weighted by molar-refractivity contribution is 5.30. The average molecular weight is 281 g/mol. The Balaban J connectivity index is 1.79. The van der Waals surface area contributed by atoms with E-state index in [2.05, 4.69) is 33.7 Å². The molecule has 0 amide bonds. The highest BCUT2D eigenvalue weighted by atomic mass is 16.5. The number of nitrogens with one attached hydrogen (secondary N) is 1. The van der Waals surface area contributed by atoms with Gasteiger partial charge in [-0.1, -0.05) is 0 Å². The van der Waals surface area contributed by atoms with E-state index in [1.165, 1.54) is 5.69 Å². The van der Waals surface area contributed by atoms with E-state index in [9.17, 15) is 0 Å². The van der Waals surface area contributed by atoms with Crippen LogP contribution in [0.15, 0.2) is 6.20 Å². The second-order valence-corrected chi connectivity index (χ2v) is 5.70. The van der Waals surface area contributed by atoms with Crippen LogP contribution in [0.2, 0.25) is 0 Å². The van der Waals surface area contributed by atoms with E-state index in [4.69, 9.17) is 4.74 Å². The van der Waals surface area contributed by atoms with Crippen LogP contribution in [0.25, 0.3) is 0 Å². The molecule has 1 aliphatic heterocycles. The van der Waals surface area contributed by atoms with Crippen LogP contribution in [0.5, 0.6) is 0 Å². The van der Waals surface area contributed by atoms with Crippen LogP contribution in [0.1, 0.15) is 12.6 Å². The standard InChI is InChI=1S/C14H27N5O/c1-12(11-19-5-7-20-8-6-19)15-9-13-10-16-14(17(2)3)18(13)4/h10,12,15H,5-9,11H2,1-4H3. The second-order valence-electron chi connectivity index (χ2n) is 5.70. The molecule has 2 heterocycles. The maximum atomic E-state index is 5.37. The van der Waals surface area contributed by atoms with Crippen LogP contribution in [-0.4, -0.2) is 67.4 Å². The molecule has 2 rings (SSSR count). The molecule has 0 radical (unpaired) electrons. The minimum Gasteiger partial charge on any atom is -0.379 e. The van der Waals surface area contributed by atoms with Crippen LogP contribution in [0.4, 0.5) is 5.95 Å². The summed E-state index contributed by atoms with van der Waals surface area (Å²) in [5, 5.41) is 3.58. The fraction of sp³-hybridized carbons (Fsp3) is 0.786. The van der Waals surface area contributed by atoms with E-state index in [1.54, 1.807) is 0 Å². The van der Waals surface area contributed by atoms with Gasteiger partial charge in [0.1, 0.15) is 0 Å². The third-order valence-corrected chi connectivity index (χ3v) is 3.73. The summed E-state index contributed by atoms with van der Waals surface area (Å²) in [6, 6.07) is 0.464. The van der Waals surface area contributed by atoms with Gasteiger partial charge in [-0.2, -0.15) is 0 Å². The van der Waals surface area contributed by atoms with E-state index in [0.29, 0.717) is 6.04 Å². The largest absolute Gasteiger partial charge is 0.379 e. The molecule has 6 heteroatoms. The summed E-state index contributed by atoms with van der Waals surface area (Å²) in [6.45, 7) is 7.97. The Morgan fingerprint density at radius 1 is 1.40 bits per heavy atom. The van der Waals surface area contributed by atoms with Crippen molar-refractivity contribution in [1.82, 2.24) is 19.8 Å². The average Bonchev–Trinajstić information content (AvgIpc) is 2.79. The maximum absolute atomic E-state index is 5.37. The van der Waals surface area contributed by atoms with Crippen molar-refractivity contribution < 1.29 is 4.74 Å². The SMILES string of the molecule is CC(CN1CCOCC1)NCc1cnc(N(C)C)n1C. The Kier molecular flexibility index (Phi) is 5.39. The predicted octanol–water partition coefficient (Wildman–Crippen LogP) is 0.296. The van der Waals surface area contributed by atoms with Gasteiger partial charge in [0.15, 0.2) is 0 Å². The first-order valence-electron chi connectivity index (χ1n) is 7.29. The number of hydrogen-bond acceptors (Lipinski definition) is 5. The first-order chi connectivity index (χ1) is 9.58. The Bertz CT molecular complexity index is 412. The maximum Gasteiger partial charge on any atom is 0.204 e. The van der Waals surface area contributed by atoms with Gasteiger partial charge in [0.2, 0.25) is 5.95 Å². The molecule has 1 fully saturated rings. The summed E-state index contributed by atoms with van der Waals surface area (Å²) in [5.74, 6) is 0.989. The molecule has 1 N–H and O–H groups in total. The number of nitrogens with zero attached hydrogens (tertiary/aromatic N) is 4. The van der Waals surface area contributed by atoms with Gasteiger partial charge in [0.05, 0.1) is 25.1 Å². The fourth-order valence-corrected chi connectivity index (χ4v) is 2.53. The number of aromatic nitrogens is 2. The molecule has 0 aromatic carbocycles. The smallest absolute Gasteiger partial charge is 0.204 e. The van der Waals surface area contributed by atoms with Crippen LogP contribution in [-0.2, 0) is 18.3 Å². The zero-order valence-corrected chi connectivity index (χ0v) is 13.1. The van der Waals surface area contributed by atoms with Gasteiger partial charge in [0.25, 0.3) is 0 Å². The van der Waals surface area contributed by atoms with Gasteiger partial charge in [-0.25, -0.2) is 4.98 Å². The first-order valence-corrected chi connectivity index (χ1v) is 7.29. The molecule has 1 unspecified atom stereocenters. The number of ether oxygens (including phenoxy) is 1. The van der Waals surface area contributed by atoms with Crippen molar-refractivity contribution in [2.45, 2.75) is 19.5 Å². The summed E-state index contributed by atoms with van der Waals surface area (Å²) in [5.41, 5.74) is 1.21. The van der Waals surface area contributed by atoms with E-state index in [-0.39, 0.29) is 0 Å². The van der Waals surface area contributed by atoms with Gasteiger partial charge in [-0.05, 0) is 6.92 Å². The van der Waals surface area contributed by atoms with Gasteiger partial charge < -0.3 is 19.5 Å². The first kappa shape index (κ1) is 15.3. The molecule has 6 nitrogen and oxygen atoms in total. The van der Waals surface area contributed by atoms with Crippen molar-refractivity contribution in [1.29, 1.82) is 0 Å². The van der Waals surface area contributed by atoms with Crippen molar-refractivity contribution in [3.63, 3.8) is 0 Å². The van der Waals surface area contributed by atoms with Crippen LogP contribution in [0.3, 0.4) is 0 Å². The van der Waals surface area contributed by atoms with E-state index >= 15 is 0 Å². The Morgan fingerprint density at radius 3 is 2.70 bits per heavy atom. The van der Waals surface area contributed by atoms with Crippen molar-refractivity contribution in [2.75, 3.05) is 51.8 Å². The van der Waals surface area contributed by atoms with Crippen molar-refractivity contribution >= 4 is 5.95 Å². The molecule has 0 bridgehead atoms. The summed E-state index contributed by atoms with van der Waals surface area (Å²) >= 11 is 0. The molecular formula is C14H27N5O. The topological polar surface area (TPSA) is 45.6 Å². The third kappa shape index (κ3) is 3.94. The zero-order chi connectivity index (χ0) is 14.5. The number of morpholine rings is 1. The molecule has 0 aliphatic carbocycles. The molecule has 0 saturated carbocycles. The number of imidazole rings is 1. The lowest BCUT2D eigenvalue weighted by molar-refractivity contribution is 0.0343. The van der Waals surface area contributed by atoms with E-state index in [1.807, 2.05) is 25.2 Å². The highest BCUT2D eigenvalue weighted by Gasteiger charge is 2.14. The predicted molar refractivity (Wildman–Crippen MR) is 81.1 cm³/mol. The minimum atomic E-state index is 0.464. The molecule has 1 atom stereocenters. The van der Waals surface area contributed by atoms with Crippen molar-refractivity contribution in [3.8, 4) is 0 Å². The summed E-state index contributed by atoms with van der Waals surface area (Å²) in [7, 11) is 6.09. The summed E-state index contributed by atoms with van der Waals surface area (Å²) < 4.78 is 7.51. The van der Waals surface area contributed by atoms with Crippen LogP contribution in [0, 0.1) is 0 Å². The Morgan fingerprint density at radius 2 is 2.10 bits per heavy atom. The van der Waals surface area contributed by atoms with Gasteiger partial charge in [-0.15, -0.1) is 0 Å². The van der Waals surface area contributed by atoms with Gasteiger partial charge in [-0.3, -0.25) is 4.90 Å². The Labute approximate surface area is 121 Å². The summed E-state index contributed by atoms with van der Waals surface area (Å²) in [4.78, 5) is 8.91. The molecule has 1 aromatic heterocycles. The lowest BCUT2D eigenvalue weighted by Gasteiger charge is -2.29. The Hall–Kier alpha value is -1.11. The van der Waals surface area contributed by atoms with E-state index in [0.717, 1.165) is 45.3 Å². The minimum absolute atomic E-state index is 0.464. The van der Waals surface area contributed by atoms with Crippen molar-refractivity contribution in [3.05, 3.63) is 11.9 Å². The third-order valence-electron chi connectivity index (χ3n) is 3.73. The summed E-state index contributed by atoms with van der Waals surface area (Å²) in [6.07, 6.45) is 1.95. The molecule has 1 aromatic rings. The highest BCUT2D eigenvalue weighted by Crippen LogP contribution is 2.10. The molecule has 1 saturated heterocycles. The fourth-order valence-electron chi connectivity index (χ4n) is 2.53. The lowest BCUT2D eigenvalue weighted by Crippen LogP contribution is -2.44. The number of rotatable bonds is 6. The van der Waals surface area contributed by atoms with Crippen LogP contribution < -0.4 is 10.2 Å². The number of hydrogen-bond donors (Lipinski definition) is 1. The quantitative estimate of drug-likeness (QED) is 0.812. The van der Waals surface area contributed by atoms with Gasteiger partial charge >= 0.3 is 0 Å².